The number of para-hydroxylation sites is 1. The molecule has 3 N–H and O–H groups in total. The predicted molar refractivity (Wildman–Crippen MR) is 221 cm³/mol. The molecule has 1 heterocycles. The van der Waals surface area contributed by atoms with E-state index in [4.69, 9.17) is 11.1 Å². The quantitative estimate of drug-likeness (QED) is 0.170. The van der Waals surface area contributed by atoms with Gasteiger partial charge in [-0.1, -0.05) is 146 Å². The number of nitrogens with zero attached hydrogens (tertiary/aromatic N) is 1. The third-order valence-corrected chi connectivity index (χ3v) is 10.3. The second-order valence-corrected chi connectivity index (χ2v) is 13.5. The van der Waals surface area contributed by atoms with Gasteiger partial charge < -0.3 is 15.7 Å². The highest BCUT2D eigenvalue weighted by atomic mass is 15.0. The minimum atomic E-state index is 0.423. The molecule has 0 saturated heterocycles. The van der Waals surface area contributed by atoms with Gasteiger partial charge in [-0.15, -0.1) is 0 Å². The highest BCUT2D eigenvalue weighted by molar-refractivity contribution is 6.18. The lowest BCUT2D eigenvalue weighted by Gasteiger charge is -2.16. The van der Waals surface area contributed by atoms with E-state index in [2.05, 4.69) is 116 Å². The Morgan fingerprint density at radius 3 is 2.10 bits per heavy atom. The highest BCUT2D eigenvalue weighted by Gasteiger charge is 2.34. The zero-order chi connectivity index (χ0) is 35.8. The minimum Gasteiger partial charge on any atom is -0.398 e. The van der Waals surface area contributed by atoms with Crippen LogP contribution in [0.1, 0.15) is 45.9 Å². The first kappa shape index (κ1) is 32.7. The Labute approximate surface area is 305 Å². The van der Waals surface area contributed by atoms with E-state index in [-0.39, 0.29) is 0 Å². The lowest BCUT2D eigenvalue weighted by Crippen LogP contribution is -2.02. The summed E-state index contributed by atoms with van der Waals surface area (Å²) in [7, 11) is 0. The van der Waals surface area contributed by atoms with Crippen LogP contribution in [0.5, 0.6) is 0 Å². The molecule has 0 radical (unpaired) electrons. The van der Waals surface area contributed by atoms with Gasteiger partial charge in [0.15, 0.2) is 0 Å². The maximum absolute atomic E-state index is 7.95. The molecule has 0 aliphatic heterocycles. The number of hydrogen-bond acceptors (Lipinski definition) is 2. The molecular weight excluding hydrogens is 631 g/mol. The van der Waals surface area contributed by atoms with E-state index in [1.54, 1.807) is 6.08 Å². The molecule has 6 aromatic carbocycles. The summed E-state index contributed by atoms with van der Waals surface area (Å²) in [5, 5.41) is 10.7. The molecule has 0 unspecified atom stereocenters. The maximum atomic E-state index is 7.95. The number of allylic oxidation sites excluding steroid dienone is 6. The fourth-order valence-electron chi connectivity index (χ4n) is 7.99. The van der Waals surface area contributed by atoms with Gasteiger partial charge in [0.1, 0.15) is 0 Å². The van der Waals surface area contributed by atoms with Gasteiger partial charge in [-0.05, 0) is 100 Å². The summed E-state index contributed by atoms with van der Waals surface area (Å²) in [6, 6.07) is 46.1. The number of fused-ring (bicyclic) bond motifs is 10. The Hall–Kier alpha value is -6.45. The molecule has 0 atom stereocenters. The zero-order valence-corrected chi connectivity index (χ0v) is 29.7. The monoisotopic (exact) mass is 671 g/mol. The normalized spacial score (nSPS) is 13.2. The number of rotatable bonds is 6. The molecule has 2 aliphatic carbocycles. The minimum absolute atomic E-state index is 0.423. The summed E-state index contributed by atoms with van der Waals surface area (Å²) in [6.07, 6.45) is 10.1. The zero-order valence-electron chi connectivity index (χ0n) is 29.7. The van der Waals surface area contributed by atoms with Crippen molar-refractivity contribution < 1.29 is 0 Å². The number of benzene rings is 6. The van der Waals surface area contributed by atoms with Crippen LogP contribution in [-0.2, 0) is 12.8 Å². The van der Waals surface area contributed by atoms with Crippen molar-refractivity contribution in [2.24, 2.45) is 5.73 Å². The van der Waals surface area contributed by atoms with Crippen molar-refractivity contribution in [2.75, 3.05) is 0 Å². The number of nitrogens with one attached hydrogen (secondary N) is 1. The molecule has 252 valence electrons. The average molecular weight is 672 g/mol. The summed E-state index contributed by atoms with van der Waals surface area (Å²) >= 11 is 0. The van der Waals surface area contributed by atoms with Crippen molar-refractivity contribution in [2.45, 2.75) is 26.7 Å². The smallest absolute Gasteiger partial charge is 0.0632 e. The van der Waals surface area contributed by atoms with E-state index in [9.17, 15) is 0 Å². The Morgan fingerprint density at radius 1 is 0.731 bits per heavy atom. The second-order valence-electron chi connectivity index (χ2n) is 13.5. The molecule has 3 nitrogen and oxygen atoms in total. The molecule has 0 fully saturated rings. The van der Waals surface area contributed by atoms with Crippen molar-refractivity contribution in [3.8, 4) is 16.8 Å². The molecule has 52 heavy (non-hydrogen) atoms. The van der Waals surface area contributed by atoms with Gasteiger partial charge in [0.2, 0.25) is 0 Å². The number of aryl methyl sites for hydroxylation is 1. The van der Waals surface area contributed by atoms with E-state index in [1.807, 2.05) is 60.7 Å². The van der Waals surface area contributed by atoms with Gasteiger partial charge in [-0.25, -0.2) is 0 Å². The van der Waals surface area contributed by atoms with Crippen molar-refractivity contribution >= 4 is 38.8 Å². The van der Waals surface area contributed by atoms with Crippen LogP contribution < -0.4 is 5.73 Å². The van der Waals surface area contributed by atoms with Crippen LogP contribution in [0.15, 0.2) is 170 Å². The van der Waals surface area contributed by atoms with Gasteiger partial charge >= 0.3 is 0 Å². The molecule has 0 amide bonds. The standard InChI is InChI=1S/C34H27N.C15H14N2/c1-4-10-22-20-29-31(25(22)5-2)32-26-12-7-6-11-23(26)19-28(32)33-27-13-8-9-14-30(27)35(34(29)33)24-17-15-21(3)16-18-24;16-14(12-7-3-1-4-8-12)11-15(17)13-9-5-2-6-10-13/h4-18H,2,19-20H2,1,3H3;1-11,16H,17H2/b10-4-;15-11-,16-14?. The number of hydrogen-bond donors (Lipinski definition) is 2. The molecule has 7 aromatic rings. The molecule has 0 spiro atoms. The van der Waals surface area contributed by atoms with Crippen LogP contribution in [0.3, 0.4) is 0 Å². The molecule has 9 rings (SSSR count). The molecule has 3 heteroatoms. The van der Waals surface area contributed by atoms with Crippen molar-refractivity contribution in [3.05, 3.63) is 209 Å². The first-order chi connectivity index (χ1) is 25.5. The molecule has 1 aromatic heterocycles. The second kappa shape index (κ2) is 13.7. The summed E-state index contributed by atoms with van der Waals surface area (Å²) in [4.78, 5) is 0. The fraction of sp³-hybridized carbons (Fsp3) is 0.0816. The average Bonchev–Trinajstić information content (AvgIpc) is 3.86. The lowest BCUT2D eigenvalue weighted by atomic mass is 9.89. The number of aromatic nitrogens is 1. The number of nitrogens with two attached hydrogens (primary N) is 1. The maximum Gasteiger partial charge on any atom is 0.0632 e. The third kappa shape index (κ3) is 5.61. The van der Waals surface area contributed by atoms with E-state index in [1.165, 1.54) is 77.6 Å². The van der Waals surface area contributed by atoms with E-state index < -0.39 is 0 Å². The lowest BCUT2D eigenvalue weighted by molar-refractivity contribution is 1.14. The summed E-state index contributed by atoms with van der Waals surface area (Å²) in [6.45, 7) is 8.53. The van der Waals surface area contributed by atoms with Crippen LogP contribution in [-0.4, -0.2) is 10.3 Å². The molecule has 0 bridgehead atoms. The first-order valence-corrected chi connectivity index (χ1v) is 17.9. The topological polar surface area (TPSA) is 54.8 Å². The van der Waals surface area contributed by atoms with Gasteiger partial charge in [0.25, 0.3) is 0 Å². The Kier molecular flexibility index (Phi) is 8.62. The summed E-state index contributed by atoms with van der Waals surface area (Å²) < 4.78 is 2.51. The van der Waals surface area contributed by atoms with Crippen LogP contribution in [0.2, 0.25) is 0 Å². The molecule has 0 saturated carbocycles. The summed E-state index contributed by atoms with van der Waals surface area (Å²) in [5.41, 5.74) is 25.1. The van der Waals surface area contributed by atoms with Gasteiger partial charge in [-0.2, -0.15) is 0 Å². The van der Waals surface area contributed by atoms with Crippen molar-refractivity contribution in [1.82, 2.24) is 4.57 Å². The van der Waals surface area contributed by atoms with E-state index in [0.29, 0.717) is 11.4 Å². The Morgan fingerprint density at radius 2 is 1.38 bits per heavy atom. The van der Waals surface area contributed by atoms with Gasteiger partial charge in [0.05, 0.1) is 16.7 Å². The van der Waals surface area contributed by atoms with Gasteiger partial charge in [-0.3, -0.25) is 0 Å². The van der Waals surface area contributed by atoms with Crippen LogP contribution in [0.4, 0.5) is 0 Å². The SMILES string of the molecule is C=CC1=C(/C=C\C)Cc2c1c1c(c3c4ccccc4n(-c4ccc(C)cc4)c23)Cc2ccccc2-1.N=C(/C=C(\N)c1ccccc1)c1ccccc1. The highest BCUT2D eigenvalue weighted by Crippen LogP contribution is 2.53. The summed E-state index contributed by atoms with van der Waals surface area (Å²) in [5.74, 6) is 0. The van der Waals surface area contributed by atoms with Crippen molar-refractivity contribution in [3.63, 3.8) is 0 Å². The van der Waals surface area contributed by atoms with Crippen LogP contribution in [0.25, 0.3) is 49.9 Å². The van der Waals surface area contributed by atoms with Crippen molar-refractivity contribution in [1.29, 1.82) is 5.41 Å². The van der Waals surface area contributed by atoms with E-state index in [0.717, 1.165) is 24.0 Å². The fourth-order valence-corrected chi connectivity index (χ4v) is 7.99. The Bertz CT molecular complexity index is 2600. The van der Waals surface area contributed by atoms with Crippen LogP contribution in [0, 0.1) is 12.3 Å². The Balaban J connectivity index is 0.000000192. The largest absolute Gasteiger partial charge is 0.398 e. The third-order valence-electron chi connectivity index (χ3n) is 10.3. The van der Waals surface area contributed by atoms with E-state index >= 15 is 0 Å². The van der Waals surface area contributed by atoms with Gasteiger partial charge in [0, 0.05) is 28.6 Å². The first-order valence-electron chi connectivity index (χ1n) is 17.9. The van der Waals surface area contributed by atoms with Crippen LogP contribution >= 0.6 is 0 Å². The predicted octanol–water partition coefficient (Wildman–Crippen LogP) is 11.8. The molecule has 2 aliphatic rings. The molecular formula is C49H41N3.